The quantitative estimate of drug-likeness (QED) is 0.774. The molecule has 1 aromatic rings. The van der Waals surface area contributed by atoms with Gasteiger partial charge in [-0.15, -0.1) is 11.3 Å². The Morgan fingerprint density at radius 3 is 2.69 bits per heavy atom. The summed E-state index contributed by atoms with van der Waals surface area (Å²) < 4.78 is 0. The summed E-state index contributed by atoms with van der Waals surface area (Å²) in [5, 5.41) is 3.49. The third-order valence-corrected chi connectivity index (χ3v) is 6.87. The second-order valence-corrected chi connectivity index (χ2v) is 8.87. The molecule has 1 atom stereocenters. The zero-order chi connectivity index (χ0) is 18.3. The molecule has 2 fully saturated rings. The molecular formula is C19H25N3O3S. The van der Waals surface area contributed by atoms with Gasteiger partial charge in [0.25, 0.3) is 5.91 Å². The van der Waals surface area contributed by atoms with Gasteiger partial charge in [0.1, 0.15) is 5.00 Å². The van der Waals surface area contributed by atoms with Crippen molar-refractivity contribution < 1.29 is 14.4 Å². The van der Waals surface area contributed by atoms with Crippen LogP contribution in [0.15, 0.2) is 0 Å². The first-order chi connectivity index (χ1) is 12.5. The van der Waals surface area contributed by atoms with E-state index < -0.39 is 5.91 Å². The van der Waals surface area contributed by atoms with Gasteiger partial charge in [-0.25, -0.2) is 0 Å². The van der Waals surface area contributed by atoms with Crippen LogP contribution in [0, 0.1) is 11.8 Å². The molecule has 1 aromatic heterocycles. The fourth-order valence-corrected chi connectivity index (χ4v) is 5.34. The molecule has 0 bridgehead atoms. The number of aryl methyl sites for hydroxylation is 1. The van der Waals surface area contributed by atoms with Crippen molar-refractivity contribution >= 4 is 34.1 Å². The van der Waals surface area contributed by atoms with Crippen LogP contribution in [0.2, 0.25) is 0 Å². The molecule has 0 aromatic carbocycles. The van der Waals surface area contributed by atoms with Crippen LogP contribution in [0.1, 0.15) is 59.3 Å². The molecule has 0 unspecified atom stereocenters. The number of nitrogens with zero attached hydrogens (tertiary/aromatic N) is 1. The number of thiophene rings is 1. The normalized spacial score (nSPS) is 22.8. The average molecular weight is 375 g/mol. The number of hydrogen-bond acceptors (Lipinski definition) is 4. The molecule has 1 saturated carbocycles. The number of nitrogens with one attached hydrogen (secondary N) is 1. The van der Waals surface area contributed by atoms with E-state index >= 15 is 0 Å². The summed E-state index contributed by atoms with van der Waals surface area (Å²) in [5.41, 5.74) is 7.13. The van der Waals surface area contributed by atoms with E-state index in [1.165, 1.54) is 29.1 Å². The summed E-state index contributed by atoms with van der Waals surface area (Å²) in [6.07, 6.45) is 7.71. The van der Waals surface area contributed by atoms with E-state index in [4.69, 9.17) is 5.73 Å². The number of primary amides is 1. The highest BCUT2D eigenvalue weighted by atomic mass is 32.1. The predicted molar refractivity (Wildman–Crippen MR) is 100 cm³/mol. The van der Waals surface area contributed by atoms with Gasteiger partial charge >= 0.3 is 0 Å². The van der Waals surface area contributed by atoms with Crippen LogP contribution in [0.5, 0.6) is 0 Å². The number of carbonyl (C=O) groups is 3. The Hall–Kier alpha value is -1.89. The molecule has 26 heavy (non-hydrogen) atoms. The Morgan fingerprint density at radius 2 is 1.96 bits per heavy atom. The SMILES string of the molecule is NC(=O)c1c(NC(=O)[C@@H]2CC(=O)N(CC3CC3)C2)sc2c1CCCCC2. The van der Waals surface area contributed by atoms with Gasteiger partial charge < -0.3 is 16.0 Å². The smallest absolute Gasteiger partial charge is 0.251 e. The van der Waals surface area contributed by atoms with E-state index in [0.717, 1.165) is 44.2 Å². The molecule has 3 N–H and O–H groups in total. The van der Waals surface area contributed by atoms with Gasteiger partial charge in [-0.3, -0.25) is 14.4 Å². The van der Waals surface area contributed by atoms with Crippen LogP contribution in [0.25, 0.3) is 0 Å². The Balaban J connectivity index is 1.49. The van der Waals surface area contributed by atoms with Crippen molar-refractivity contribution in [2.24, 2.45) is 17.6 Å². The minimum absolute atomic E-state index is 0.0640. The molecule has 1 saturated heterocycles. The first kappa shape index (κ1) is 17.5. The first-order valence-electron chi connectivity index (χ1n) is 9.56. The van der Waals surface area contributed by atoms with Crippen LogP contribution in [0.3, 0.4) is 0 Å². The number of nitrogens with two attached hydrogens (primary N) is 1. The number of hydrogen-bond donors (Lipinski definition) is 2. The lowest BCUT2D eigenvalue weighted by molar-refractivity contribution is -0.128. The fourth-order valence-electron chi connectivity index (χ4n) is 4.04. The molecule has 3 aliphatic rings. The summed E-state index contributed by atoms with van der Waals surface area (Å²) in [7, 11) is 0. The zero-order valence-electron chi connectivity index (χ0n) is 14.9. The Morgan fingerprint density at radius 1 is 1.19 bits per heavy atom. The van der Waals surface area contributed by atoms with Crippen molar-refractivity contribution in [2.45, 2.75) is 51.4 Å². The number of fused-ring (bicyclic) bond motifs is 1. The summed E-state index contributed by atoms with van der Waals surface area (Å²) in [6, 6.07) is 0. The van der Waals surface area contributed by atoms with Gasteiger partial charge in [0, 0.05) is 24.4 Å². The highest BCUT2D eigenvalue weighted by molar-refractivity contribution is 7.17. The highest BCUT2D eigenvalue weighted by Crippen LogP contribution is 2.38. The molecule has 3 amide bonds. The van der Waals surface area contributed by atoms with E-state index in [0.29, 0.717) is 23.0 Å². The van der Waals surface area contributed by atoms with Crippen LogP contribution in [-0.2, 0) is 22.4 Å². The summed E-state index contributed by atoms with van der Waals surface area (Å²) in [5.74, 6) is -0.304. The lowest BCUT2D eigenvalue weighted by Gasteiger charge is -2.16. The van der Waals surface area contributed by atoms with E-state index in [2.05, 4.69) is 5.32 Å². The van der Waals surface area contributed by atoms with Crippen molar-refractivity contribution in [3.8, 4) is 0 Å². The Bertz CT molecular complexity index is 753. The summed E-state index contributed by atoms with van der Waals surface area (Å²) in [4.78, 5) is 39.9. The first-order valence-corrected chi connectivity index (χ1v) is 10.4. The molecule has 4 rings (SSSR count). The van der Waals surface area contributed by atoms with Crippen molar-refractivity contribution in [2.75, 3.05) is 18.4 Å². The van der Waals surface area contributed by atoms with Gasteiger partial charge in [0.2, 0.25) is 11.8 Å². The second-order valence-electron chi connectivity index (χ2n) is 7.77. The molecule has 6 nitrogen and oxygen atoms in total. The summed E-state index contributed by atoms with van der Waals surface area (Å²) in [6.45, 7) is 1.26. The number of likely N-dealkylation sites (tertiary alicyclic amines) is 1. The molecule has 2 aliphatic carbocycles. The van der Waals surface area contributed by atoms with Crippen molar-refractivity contribution in [1.29, 1.82) is 0 Å². The molecule has 2 heterocycles. The lowest BCUT2D eigenvalue weighted by atomic mass is 10.0. The Labute approximate surface area is 157 Å². The minimum Gasteiger partial charge on any atom is -0.365 e. The van der Waals surface area contributed by atoms with Gasteiger partial charge in [-0.05, 0) is 50.0 Å². The van der Waals surface area contributed by atoms with Gasteiger partial charge in [0.15, 0.2) is 0 Å². The topological polar surface area (TPSA) is 92.5 Å². The second kappa shape index (κ2) is 7.02. The maximum atomic E-state index is 12.7. The van der Waals surface area contributed by atoms with E-state index in [1.807, 2.05) is 4.90 Å². The van der Waals surface area contributed by atoms with Crippen LogP contribution < -0.4 is 11.1 Å². The van der Waals surface area contributed by atoms with E-state index in [1.54, 1.807) is 0 Å². The minimum atomic E-state index is -0.474. The van der Waals surface area contributed by atoms with Crippen LogP contribution >= 0.6 is 11.3 Å². The van der Waals surface area contributed by atoms with Gasteiger partial charge in [0.05, 0.1) is 11.5 Å². The van der Waals surface area contributed by atoms with E-state index in [9.17, 15) is 14.4 Å². The van der Waals surface area contributed by atoms with Crippen LogP contribution in [0.4, 0.5) is 5.00 Å². The molecule has 0 spiro atoms. The third kappa shape index (κ3) is 3.49. The monoisotopic (exact) mass is 375 g/mol. The maximum Gasteiger partial charge on any atom is 0.251 e. The largest absolute Gasteiger partial charge is 0.365 e. The van der Waals surface area contributed by atoms with Crippen LogP contribution in [-0.4, -0.2) is 35.7 Å². The van der Waals surface area contributed by atoms with Crippen molar-refractivity contribution in [1.82, 2.24) is 4.90 Å². The highest BCUT2D eigenvalue weighted by Gasteiger charge is 2.37. The van der Waals surface area contributed by atoms with Crippen molar-refractivity contribution in [3.05, 3.63) is 16.0 Å². The maximum absolute atomic E-state index is 12.7. The summed E-state index contributed by atoms with van der Waals surface area (Å²) >= 11 is 1.48. The standard InChI is InChI=1S/C19H25N3O3S/c20-17(24)16-13-4-2-1-3-5-14(13)26-19(16)21-18(25)12-8-15(23)22(10-12)9-11-6-7-11/h11-12H,1-10H2,(H2,20,24)(H,21,25)/t12-/m1/s1. The molecule has 7 heteroatoms. The third-order valence-electron chi connectivity index (χ3n) is 5.67. The van der Waals surface area contributed by atoms with Gasteiger partial charge in [-0.2, -0.15) is 0 Å². The Kier molecular flexibility index (Phi) is 4.73. The van der Waals surface area contributed by atoms with Gasteiger partial charge in [-0.1, -0.05) is 6.42 Å². The molecule has 1 aliphatic heterocycles. The van der Waals surface area contributed by atoms with E-state index in [-0.39, 0.29) is 24.2 Å². The lowest BCUT2D eigenvalue weighted by Crippen LogP contribution is -2.30. The van der Waals surface area contributed by atoms with Crippen molar-refractivity contribution in [3.63, 3.8) is 0 Å². The fraction of sp³-hybridized carbons (Fsp3) is 0.632. The average Bonchev–Trinajstić information content (AvgIpc) is 3.29. The zero-order valence-corrected chi connectivity index (χ0v) is 15.7. The molecule has 0 radical (unpaired) electrons. The molecule has 140 valence electrons. The number of carbonyl (C=O) groups excluding carboxylic acids is 3. The number of rotatable bonds is 5. The number of amides is 3. The predicted octanol–water partition coefficient (Wildman–Crippen LogP) is 2.31. The number of anilines is 1. The molecular weight excluding hydrogens is 350 g/mol.